The van der Waals surface area contributed by atoms with Crippen molar-refractivity contribution in [3.05, 3.63) is 29.8 Å². The van der Waals surface area contributed by atoms with Crippen LogP contribution in [0.5, 0.6) is 0 Å². The van der Waals surface area contributed by atoms with Gasteiger partial charge in [-0.25, -0.2) is 0 Å². The fourth-order valence-electron chi connectivity index (χ4n) is 3.55. The van der Waals surface area contributed by atoms with Gasteiger partial charge >= 0.3 is 5.97 Å². The molecular weight excluding hydrogens is 382 g/mol. The third-order valence-electron chi connectivity index (χ3n) is 5.25. The van der Waals surface area contributed by atoms with Gasteiger partial charge in [0.1, 0.15) is 4.90 Å². The monoisotopic (exact) mass is 405 g/mol. The number of fused-ring (bicyclic) bond motifs is 1. The first-order chi connectivity index (χ1) is 13.3. The zero-order valence-electron chi connectivity index (χ0n) is 15.6. The highest BCUT2D eigenvalue weighted by atomic mass is 32.2. The first kappa shape index (κ1) is 18.9. The molecule has 1 N–H and O–H groups in total. The van der Waals surface area contributed by atoms with Gasteiger partial charge in [0.2, 0.25) is 0 Å². The predicted molar refractivity (Wildman–Crippen MR) is 101 cm³/mol. The zero-order chi connectivity index (χ0) is 19.9. The summed E-state index contributed by atoms with van der Waals surface area (Å²) >= 11 is 0. The van der Waals surface area contributed by atoms with E-state index in [1.807, 2.05) is 4.90 Å². The van der Waals surface area contributed by atoms with Crippen molar-refractivity contribution in [1.29, 1.82) is 0 Å². The maximum Gasteiger partial charge on any atom is 0.311 e. The summed E-state index contributed by atoms with van der Waals surface area (Å²) in [6.07, 6.45) is 2.44. The van der Waals surface area contributed by atoms with E-state index in [0.717, 1.165) is 12.8 Å². The fraction of sp³-hybridized carbons (Fsp3) is 0.526. The molecule has 2 aliphatic heterocycles. The molecule has 4 rings (SSSR count). The minimum Gasteiger partial charge on any atom is -0.452 e. The average molecular weight is 405 g/mol. The van der Waals surface area contributed by atoms with Crippen molar-refractivity contribution in [2.75, 3.05) is 13.1 Å². The van der Waals surface area contributed by atoms with E-state index in [0.29, 0.717) is 37.3 Å². The van der Waals surface area contributed by atoms with Crippen molar-refractivity contribution >= 4 is 27.7 Å². The fourth-order valence-corrected chi connectivity index (χ4v) is 4.78. The summed E-state index contributed by atoms with van der Waals surface area (Å²) in [7, 11) is -3.70. The quantitative estimate of drug-likeness (QED) is 0.751. The molecule has 2 atom stereocenters. The van der Waals surface area contributed by atoms with Crippen LogP contribution in [0.25, 0.3) is 0 Å². The number of amidine groups is 1. The predicted octanol–water partition coefficient (Wildman–Crippen LogP) is 1.06. The Morgan fingerprint density at radius 1 is 1.25 bits per heavy atom. The Balaban J connectivity index is 1.43. The third kappa shape index (κ3) is 3.76. The lowest BCUT2D eigenvalue weighted by atomic mass is 9.97. The van der Waals surface area contributed by atoms with Crippen LogP contribution in [0.1, 0.15) is 38.2 Å². The van der Waals surface area contributed by atoms with E-state index in [1.165, 1.54) is 6.07 Å². The first-order valence-corrected chi connectivity index (χ1v) is 11.0. The van der Waals surface area contributed by atoms with Gasteiger partial charge in [-0.15, -0.1) is 4.40 Å². The molecule has 2 fully saturated rings. The molecule has 0 bridgehead atoms. The minimum atomic E-state index is -3.70. The van der Waals surface area contributed by atoms with Gasteiger partial charge in [0.25, 0.3) is 15.9 Å². The number of rotatable bonds is 4. The van der Waals surface area contributed by atoms with Crippen molar-refractivity contribution in [3.63, 3.8) is 0 Å². The third-order valence-corrected chi connectivity index (χ3v) is 6.58. The van der Waals surface area contributed by atoms with Crippen LogP contribution in [0.2, 0.25) is 0 Å². The number of nitrogens with zero attached hydrogens (tertiary/aromatic N) is 2. The molecule has 2 heterocycles. The van der Waals surface area contributed by atoms with Crippen LogP contribution in [0.3, 0.4) is 0 Å². The average Bonchev–Trinajstić information content (AvgIpc) is 3.45. The molecular formula is C19H23N3O5S. The molecule has 8 nitrogen and oxygen atoms in total. The Bertz CT molecular complexity index is 939. The number of carbonyl (C=O) groups excluding carboxylic acids is 2. The number of carbonyl (C=O) groups is 2. The Morgan fingerprint density at radius 3 is 2.75 bits per heavy atom. The van der Waals surface area contributed by atoms with Gasteiger partial charge < -0.3 is 15.0 Å². The second-order valence-corrected chi connectivity index (χ2v) is 9.11. The number of benzene rings is 1. The molecule has 0 radical (unpaired) electrons. The van der Waals surface area contributed by atoms with Crippen molar-refractivity contribution < 1.29 is 22.7 Å². The summed E-state index contributed by atoms with van der Waals surface area (Å²) in [6.45, 7) is 2.50. The molecule has 1 saturated heterocycles. The van der Waals surface area contributed by atoms with Crippen molar-refractivity contribution in [3.8, 4) is 0 Å². The van der Waals surface area contributed by atoms with Gasteiger partial charge in [0.05, 0.1) is 5.92 Å². The largest absolute Gasteiger partial charge is 0.452 e. The first-order valence-electron chi connectivity index (χ1n) is 9.55. The molecule has 1 saturated carbocycles. The Kier molecular flexibility index (Phi) is 4.86. The van der Waals surface area contributed by atoms with E-state index in [4.69, 9.17) is 4.74 Å². The van der Waals surface area contributed by atoms with Crippen LogP contribution < -0.4 is 5.32 Å². The molecule has 3 aliphatic rings. The highest BCUT2D eigenvalue weighted by Gasteiger charge is 2.36. The maximum absolute atomic E-state index is 12.6. The molecule has 2 unspecified atom stereocenters. The van der Waals surface area contributed by atoms with Crippen molar-refractivity contribution in [2.45, 2.75) is 49.6 Å². The number of hydrogen-bond acceptors (Lipinski definition) is 6. The van der Waals surface area contributed by atoms with Crippen LogP contribution in [-0.4, -0.2) is 56.3 Å². The van der Waals surface area contributed by atoms with Crippen molar-refractivity contribution in [2.24, 2.45) is 10.3 Å². The van der Waals surface area contributed by atoms with E-state index < -0.39 is 28.0 Å². The summed E-state index contributed by atoms with van der Waals surface area (Å²) < 4.78 is 33.9. The maximum atomic E-state index is 12.6. The molecule has 28 heavy (non-hydrogen) atoms. The summed E-state index contributed by atoms with van der Waals surface area (Å²) in [6, 6.07) is 6.91. The number of ether oxygens (including phenoxy) is 1. The Hall–Kier alpha value is -2.42. The van der Waals surface area contributed by atoms with Crippen LogP contribution in [0.4, 0.5) is 0 Å². The van der Waals surface area contributed by atoms with Gasteiger partial charge in [-0.3, -0.25) is 9.59 Å². The highest BCUT2D eigenvalue weighted by molar-refractivity contribution is 7.90. The molecule has 0 spiro atoms. The summed E-state index contributed by atoms with van der Waals surface area (Å²) in [5.41, 5.74) is 0.564. The van der Waals surface area contributed by atoms with E-state index >= 15 is 0 Å². The topological polar surface area (TPSA) is 105 Å². The normalized spacial score (nSPS) is 24.1. The summed E-state index contributed by atoms with van der Waals surface area (Å²) in [5.74, 6) is -0.752. The number of nitrogens with one attached hydrogen (secondary N) is 1. The number of hydrogen-bond donors (Lipinski definition) is 1. The number of likely N-dealkylation sites (tertiary alicyclic amines) is 1. The van der Waals surface area contributed by atoms with Crippen molar-refractivity contribution in [1.82, 2.24) is 10.2 Å². The number of esters is 1. The van der Waals surface area contributed by atoms with Gasteiger partial charge in [-0.1, -0.05) is 12.1 Å². The molecule has 1 aromatic rings. The second-order valence-electron chi connectivity index (χ2n) is 7.53. The summed E-state index contributed by atoms with van der Waals surface area (Å²) in [5, 5.41) is 2.82. The van der Waals surface area contributed by atoms with E-state index in [1.54, 1.807) is 25.1 Å². The lowest BCUT2D eigenvalue weighted by molar-refractivity contribution is -0.160. The molecule has 9 heteroatoms. The van der Waals surface area contributed by atoms with Crippen LogP contribution >= 0.6 is 0 Å². The molecule has 1 aromatic carbocycles. The Labute approximate surface area is 164 Å². The number of piperidine rings is 1. The van der Waals surface area contributed by atoms with E-state index in [-0.39, 0.29) is 16.8 Å². The standard InChI is InChI=1S/C19H23N3O5S/c1-12(18(23)20-14-8-9-14)27-19(24)13-5-4-10-22(11-13)17-15-6-2-3-7-16(15)28(25,26)21-17/h2-3,6-7,12-14H,4-5,8-11H2,1H3,(H,20,23). The second kappa shape index (κ2) is 7.20. The molecule has 1 aliphatic carbocycles. The highest BCUT2D eigenvalue weighted by Crippen LogP contribution is 2.30. The zero-order valence-corrected chi connectivity index (χ0v) is 16.4. The van der Waals surface area contributed by atoms with Crippen LogP contribution in [0, 0.1) is 5.92 Å². The SMILES string of the molecule is CC(OC(=O)C1CCCN(C2=NS(=O)(=O)c3ccccc32)C1)C(=O)NC1CC1. The smallest absolute Gasteiger partial charge is 0.311 e. The van der Waals surface area contributed by atoms with E-state index in [2.05, 4.69) is 9.71 Å². The van der Waals surface area contributed by atoms with Crippen LogP contribution in [-0.2, 0) is 24.3 Å². The van der Waals surface area contributed by atoms with E-state index in [9.17, 15) is 18.0 Å². The van der Waals surface area contributed by atoms with Gasteiger partial charge in [-0.05, 0) is 44.7 Å². The minimum absolute atomic E-state index is 0.195. The molecule has 1 amide bonds. The van der Waals surface area contributed by atoms with Gasteiger partial charge in [-0.2, -0.15) is 8.42 Å². The lowest BCUT2D eigenvalue weighted by Gasteiger charge is -2.33. The van der Waals surface area contributed by atoms with Crippen LogP contribution in [0.15, 0.2) is 33.6 Å². The lowest BCUT2D eigenvalue weighted by Crippen LogP contribution is -2.44. The Morgan fingerprint density at radius 2 is 2.00 bits per heavy atom. The number of amides is 1. The number of sulfonamides is 1. The van der Waals surface area contributed by atoms with Gasteiger partial charge in [0, 0.05) is 24.7 Å². The van der Waals surface area contributed by atoms with Gasteiger partial charge in [0.15, 0.2) is 11.9 Å². The molecule has 0 aromatic heterocycles. The summed E-state index contributed by atoms with van der Waals surface area (Å²) in [4.78, 5) is 26.6. The molecule has 150 valence electrons.